The first-order valence-electron chi connectivity index (χ1n) is 10.9. The molecular weight excluding hydrogens is 407 g/mol. The standard InChI is InChI=1S/C26H29FN2O3/c1-3-4-16-28-26(31)19(2)29(17-20-12-14-22(27)15-13-20)25(30)18-32-24-11-7-9-21-8-5-6-10-23(21)24/h5-15,19H,3-4,16-18H2,1-2H3,(H,28,31)/t19-/m1/s1. The predicted molar refractivity (Wildman–Crippen MR) is 124 cm³/mol. The Bertz CT molecular complexity index is 1050. The minimum atomic E-state index is -0.694. The van der Waals surface area contributed by atoms with Crippen LogP contribution in [0.25, 0.3) is 10.8 Å². The van der Waals surface area contributed by atoms with Gasteiger partial charge in [0.05, 0.1) is 0 Å². The van der Waals surface area contributed by atoms with Gasteiger partial charge in [0.1, 0.15) is 17.6 Å². The van der Waals surface area contributed by atoms with Gasteiger partial charge in [0, 0.05) is 18.5 Å². The van der Waals surface area contributed by atoms with E-state index < -0.39 is 6.04 Å². The van der Waals surface area contributed by atoms with Crippen LogP contribution in [0.4, 0.5) is 4.39 Å². The van der Waals surface area contributed by atoms with Crippen molar-refractivity contribution in [1.29, 1.82) is 0 Å². The summed E-state index contributed by atoms with van der Waals surface area (Å²) in [5.41, 5.74) is 0.734. The molecule has 0 fully saturated rings. The van der Waals surface area contributed by atoms with E-state index in [0.29, 0.717) is 12.3 Å². The lowest BCUT2D eigenvalue weighted by atomic mass is 10.1. The molecule has 0 aliphatic carbocycles. The van der Waals surface area contributed by atoms with Gasteiger partial charge < -0.3 is 15.0 Å². The first kappa shape index (κ1) is 23.3. The Hall–Kier alpha value is -3.41. The first-order valence-corrected chi connectivity index (χ1v) is 10.9. The van der Waals surface area contributed by atoms with Gasteiger partial charge in [-0.3, -0.25) is 9.59 Å². The van der Waals surface area contributed by atoms with Crippen LogP contribution in [0.1, 0.15) is 32.3 Å². The number of rotatable bonds is 10. The Labute approximate surface area is 188 Å². The van der Waals surface area contributed by atoms with Gasteiger partial charge in [-0.1, -0.05) is 61.9 Å². The van der Waals surface area contributed by atoms with Gasteiger partial charge in [-0.2, -0.15) is 0 Å². The van der Waals surface area contributed by atoms with E-state index in [1.54, 1.807) is 19.1 Å². The van der Waals surface area contributed by atoms with Crippen LogP contribution in [0.2, 0.25) is 0 Å². The van der Waals surface area contributed by atoms with Crippen molar-refractivity contribution in [2.45, 2.75) is 39.3 Å². The lowest BCUT2D eigenvalue weighted by Gasteiger charge is -2.29. The normalized spacial score (nSPS) is 11.7. The first-order chi connectivity index (χ1) is 15.5. The monoisotopic (exact) mass is 436 g/mol. The quantitative estimate of drug-likeness (QED) is 0.469. The smallest absolute Gasteiger partial charge is 0.261 e. The van der Waals surface area contributed by atoms with Gasteiger partial charge in [0.2, 0.25) is 5.91 Å². The Kier molecular flexibility index (Phi) is 8.20. The molecule has 1 N–H and O–H groups in total. The highest BCUT2D eigenvalue weighted by Crippen LogP contribution is 2.25. The Balaban J connectivity index is 1.75. The lowest BCUT2D eigenvalue weighted by molar-refractivity contribution is -0.142. The van der Waals surface area contributed by atoms with E-state index in [2.05, 4.69) is 5.32 Å². The molecule has 0 aliphatic heterocycles. The summed E-state index contributed by atoms with van der Waals surface area (Å²) in [5, 5.41) is 4.81. The second kappa shape index (κ2) is 11.3. The second-order valence-corrected chi connectivity index (χ2v) is 7.73. The zero-order valence-electron chi connectivity index (χ0n) is 18.5. The van der Waals surface area contributed by atoms with Gasteiger partial charge >= 0.3 is 0 Å². The van der Waals surface area contributed by atoms with Gasteiger partial charge in [0.25, 0.3) is 5.91 Å². The molecule has 0 aliphatic rings. The molecule has 0 saturated carbocycles. The van der Waals surface area contributed by atoms with E-state index in [1.165, 1.54) is 17.0 Å². The van der Waals surface area contributed by atoms with Crippen molar-refractivity contribution in [3.63, 3.8) is 0 Å². The molecule has 0 radical (unpaired) electrons. The van der Waals surface area contributed by atoms with Crippen LogP contribution in [0.5, 0.6) is 5.75 Å². The number of nitrogens with one attached hydrogen (secondary N) is 1. The van der Waals surface area contributed by atoms with Crippen LogP contribution in [0, 0.1) is 5.82 Å². The molecule has 0 bridgehead atoms. The highest BCUT2D eigenvalue weighted by atomic mass is 19.1. The number of carbonyl (C=O) groups is 2. The third-order valence-electron chi connectivity index (χ3n) is 5.36. The van der Waals surface area contributed by atoms with E-state index in [9.17, 15) is 14.0 Å². The van der Waals surface area contributed by atoms with Crippen molar-refractivity contribution < 1.29 is 18.7 Å². The molecule has 2 amide bonds. The molecule has 0 unspecified atom stereocenters. The zero-order valence-corrected chi connectivity index (χ0v) is 18.5. The zero-order chi connectivity index (χ0) is 22.9. The van der Waals surface area contributed by atoms with Crippen LogP contribution in [0.15, 0.2) is 66.7 Å². The maximum absolute atomic E-state index is 13.3. The number of fused-ring (bicyclic) bond motifs is 1. The van der Waals surface area contributed by atoms with Crippen molar-refractivity contribution >= 4 is 22.6 Å². The van der Waals surface area contributed by atoms with Crippen molar-refractivity contribution in [3.05, 3.63) is 78.1 Å². The number of amides is 2. The van der Waals surface area contributed by atoms with Gasteiger partial charge in [0.15, 0.2) is 6.61 Å². The number of unbranched alkanes of at least 4 members (excludes halogenated alkanes) is 1. The molecule has 3 aromatic rings. The summed E-state index contributed by atoms with van der Waals surface area (Å²) in [6, 6.07) is 18.7. The van der Waals surface area contributed by atoms with E-state index >= 15 is 0 Å². The molecule has 0 saturated heterocycles. The minimum absolute atomic E-state index is 0.181. The Morgan fingerprint density at radius 2 is 1.75 bits per heavy atom. The van der Waals surface area contributed by atoms with Gasteiger partial charge in [-0.05, 0) is 42.5 Å². The molecule has 3 rings (SSSR count). The van der Waals surface area contributed by atoms with Crippen molar-refractivity contribution in [2.24, 2.45) is 0 Å². The molecule has 5 nitrogen and oxygen atoms in total. The number of halogens is 1. The third-order valence-corrected chi connectivity index (χ3v) is 5.36. The summed E-state index contributed by atoms with van der Waals surface area (Å²) in [4.78, 5) is 27.3. The van der Waals surface area contributed by atoms with E-state index in [4.69, 9.17) is 4.74 Å². The van der Waals surface area contributed by atoms with Crippen LogP contribution in [0.3, 0.4) is 0 Å². The summed E-state index contributed by atoms with van der Waals surface area (Å²) in [6.07, 6.45) is 1.83. The fourth-order valence-electron chi connectivity index (χ4n) is 3.45. The van der Waals surface area contributed by atoms with Crippen LogP contribution < -0.4 is 10.1 Å². The van der Waals surface area contributed by atoms with Crippen LogP contribution in [-0.4, -0.2) is 35.9 Å². The summed E-state index contributed by atoms with van der Waals surface area (Å²) < 4.78 is 19.2. The number of ether oxygens (including phenoxy) is 1. The van der Waals surface area contributed by atoms with Crippen LogP contribution in [-0.2, 0) is 16.1 Å². The summed E-state index contributed by atoms with van der Waals surface area (Å²) in [5.74, 6) is -0.283. The number of carbonyl (C=O) groups excluding carboxylic acids is 2. The maximum atomic E-state index is 13.3. The highest BCUT2D eigenvalue weighted by molar-refractivity contribution is 5.90. The molecule has 32 heavy (non-hydrogen) atoms. The van der Waals surface area contributed by atoms with Crippen molar-refractivity contribution in [1.82, 2.24) is 10.2 Å². The van der Waals surface area contributed by atoms with E-state index in [0.717, 1.165) is 29.2 Å². The van der Waals surface area contributed by atoms with Crippen molar-refractivity contribution in [2.75, 3.05) is 13.2 Å². The van der Waals surface area contributed by atoms with E-state index in [-0.39, 0.29) is 30.8 Å². The number of nitrogens with zero attached hydrogens (tertiary/aromatic N) is 1. The molecule has 0 aromatic heterocycles. The number of hydrogen-bond acceptors (Lipinski definition) is 3. The van der Waals surface area contributed by atoms with Gasteiger partial charge in [-0.15, -0.1) is 0 Å². The van der Waals surface area contributed by atoms with E-state index in [1.807, 2.05) is 49.4 Å². The molecular formula is C26H29FN2O3. The predicted octanol–water partition coefficient (Wildman–Crippen LogP) is 4.69. The molecule has 1 atom stereocenters. The average molecular weight is 437 g/mol. The van der Waals surface area contributed by atoms with Gasteiger partial charge in [-0.25, -0.2) is 4.39 Å². The second-order valence-electron chi connectivity index (χ2n) is 7.73. The fraction of sp³-hybridized carbons (Fsp3) is 0.308. The Morgan fingerprint density at radius 1 is 1.03 bits per heavy atom. The molecule has 168 valence electrons. The largest absolute Gasteiger partial charge is 0.483 e. The summed E-state index contributed by atoms with van der Waals surface area (Å²) in [7, 11) is 0. The average Bonchev–Trinajstić information content (AvgIpc) is 2.81. The summed E-state index contributed by atoms with van der Waals surface area (Å²) in [6.45, 7) is 4.28. The fourth-order valence-corrected chi connectivity index (χ4v) is 3.45. The maximum Gasteiger partial charge on any atom is 0.261 e. The highest BCUT2D eigenvalue weighted by Gasteiger charge is 2.26. The third kappa shape index (κ3) is 6.06. The molecule has 0 heterocycles. The summed E-state index contributed by atoms with van der Waals surface area (Å²) >= 11 is 0. The Morgan fingerprint density at radius 3 is 2.50 bits per heavy atom. The van der Waals surface area contributed by atoms with Crippen molar-refractivity contribution in [3.8, 4) is 5.75 Å². The minimum Gasteiger partial charge on any atom is -0.483 e. The topological polar surface area (TPSA) is 58.6 Å². The van der Waals surface area contributed by atoms with Crippen LogP contribution >= 0.6 is 0 Å². The SMILES string of the molecule is CCCCNC(=O)[C@@H](C)N(Cc1ccc(F)cc1)C(=O)COc1cccc2ccccc12. The number of benzene rings is 3. The molecule has 6 heteroatoms. The number of hydrogen-bond donors (Lipinski definition) is 1. The molecule has 3 aromatic carbocycles. The lowest BCUT2D eigenvalue weighted by Crippen LogP contribution is -2.49. The molecule has 0 spiro atoms.